The number of rotatable bonds is 8. The Kier molecular flexibility index (Phi) is 6.57. The van der Waals surface area contributed by atoms with Crippen LogP contribution in [0.15, 0.2) is 63.8 Å². The number of hydrogen-bond acceptors (Lipinski definition) is 5. The van der Waals surface area contributed by atoms with Crippen molar-refractivity contribution in [3.05, 3.63) is 58.8 Å². The predicted octanol–water partition coefficient (Wildman–Crippen LogP) is 3.51. The molecule has 0 fully saturated rings. The van der Waals surface area contributed by atoms with Gasteiger partial charge in [-0.1, -0.05) is 12.2 Å². The molecule has 29 heavy (non-hydrogen) atoms. The van der Waals surface area contributed by atoms with Crippen LogP contribution < -0.4 is 10.6 Å². The van der Waals surface area contributed by atoms with E-state index < -0.39 is 12.5 Å². The lowest BCUT2D eigenvalue weighted by Gasteiger charge is -2.30. The van der Waals surface area contributed by atoms with Crippen molar-refractivity contribution in [1.29, 1.82) is 0 Å². The number of likely N-dealkylation sites (N-methyl/N-ethyl adjacent to an activating group) is 2. The van der Waals surface area contributed by atoms with Gasteiger partial charge >= 0.3 is 0 Å². The van der Waals surface area contributed by atoms with E-state index in [2.05, 4.69) is 21.7 Å². The summed E-state index contributed by atoms with van der Waals surface area (Å²) >= 11 is 0. The largest absolute Gasteiger partial charge is 0.472 e. The van der Waals surface area contributed by atoms with Crippen LogP contribution in [-0.4, -0.2) is 56.4 Å². The van der Waals surface area contributed by atoms with Crippen LogP contribution in [0, 0.1) is 0 Å². The third kappa shape index (κ3) is 5.35. The Bertz CT molecular complexity index is 815. The molecule has 0 bridgehead atoms. The molecular weight excluding hydrogens is 374 g/mol. The van der Waals surface area contributed by atoms with Gasteiger partial charge in [-0.05, 0) is 44.0 Å². The fourth-order valence-corrected chi connectivity index (χ4v) is 3.62. The van der Waals surface area contributed by atoms with Gasteiger partial charge in [0.2, 0.25) is 0 Å². The summed E-state index contributed by atoms with van der Waals surface area (Å²) in [4.78, 5) is 6.45. The summed E-state index contributed by atoms with van der Waals surface area (Å²) in [6, 6.07) is 0.122. The van der Waals surface area contributed by atoms with E-state index in [4.69, 9.17) is 4.74 Å². The highest BCUT2D eigenvalue weighted by atomic mass is 19.3. The topological polar surface area (TPSA) is 48.9 Å². The van der Waals surface area contributed by atoms with Crippen molar-refractivity contribution >= 4 is 5.71 Å². The molecule has 1 atom stereocenters. The average molecular weight is 405 g/mol. The van der Waals surface area contributed by atoms with Crippen molar-refractivity contribution < 1.29 is 13.5 Å². The summed E-state index contributed by atoms with van der Waals surface area (Å²) in [6.07, 6.45) is 12.4. The van der Waals surface area contributed by atoms with Crippen LogP contribution in [0.4, 0.5) is 8.78 Å². The molecule has 3 rings (SSSR count). The Morgan fingerprint density at radius 2 is 2.17 bits per heavy atom. The molecule has 0 aromatic rings. The van der Waals surface area contributed by atoms with E-state index in [0.29, 0.717) is 19.0 Å². The fourth-order valence-electron chi connectivity index (χ4n) is 3.62. The van der Waals surface area contributed by atoms with Gasteiger partial charge < -0.3 is 20.3 Å². The molecule has 1 aliphatic carbocycles. The molecule has 7 heteroatoms. The summed E-state index contributed by atoms with van der Waals surface area (Å²) < 4.78 is 31.6. The molecule has 0 amide bonds. The van der Waals surface area contributed by atoms with E-state index in [1.54, 1.807) is 0 Å². The highest BCUT2D eigenvalue weighted by Gasteiger charge is 2.26. The molecule has 5 nitrogen and oxygen atoms in total. The van der Waals surface area contributed by atoms with Gasteiger partial charge in [-0.2, -0.15) is 0 Å². The zero-order valence-electron chi connectivity index (χ0n) is 17.6. The van der Waals surface area contributed by atoms with E-state index in [1.165, 1.54) is 5.57 Å². The second-order valence-electron chi connectivity index (χ2n) is 7.84. The number of alkyl halides is 2. The molecule has 158 valence electrons. The monoisotopic (exact) mass is 404 g/mol. The molecule has 0 saturated carbocycles. The number of hydrogen-bond donors (Lipinski definition) is 2. The molecule has 0 aromatic heterocycles. The van der Waals surface area contributed by atoms with Crippen molar-refractivity contribution in [2.24, 2.45) is 4.99 Å². The van der Waals surface area contributed by atoms with E-state index in [0.717, 1.165) is 42.2 Å². The predicted molar refractivity (Wildman–Crippen MR) is 113 cm³/mol. The van der Waals surface area contributed by atoms with Crippen LogP contribution in [0.5, 0.6) is 0 Å². The van der Waals surface area contributed by atoms with Crippen LogP contribution in [-0.2, 0) is 4.74 Å². The number of ether oxygens (including phenoxy) is 1. The molecular formula is C22H30F2N4O. The number of nitrogens with one attached hydrogen (secondary N) is 2. The standard InChI is InChI=1S/C22H30F2N4O/c1-15-10-16(13-28(4)21(15)29-14-22(2,23)24)11-26-12-18-19(25-3)8-9-27-20(18)17-6-5-7-17/h6,8-10,12,19,25-26H,5,7,11,13-14H2,1-4H3/b18-12+. The second kappa shape index (κ2) is 8.95. The summed E-state index contributed by atoms with van der Waals surface area (Å²) in [5.41, 5.74) is 5.49. The molecule has 2 aliphatic heterocycles. The lowest BCUT2D eigenvalue weighted by molar-refractivity contribution is -0.0564. The van der Waals surface area contributed by atoms with E-state index in [1.807, 2.05) is 50.5 Å². The Hall–Kier alpha value is -2.41. The maximum Gasteiger partial charge on any atom is 0.278 e. The van der Waals surface area contributed by atoms with Crippen LogP contribution in [0.1, 0.15) is 26.7 Å². The van der Waals surface area contributed by atoms with Crippen LogP contribution in [0.2, 0.25) is 0 Å². The molecule has 2 heterocycles. The van der Waals surface area contributed by atoms with Gasteiger partial charge in [-0.25, -0.2) is 8.78 Å². The van der Waals surface area contributed by atoms with Gasteiger partial charge in [0.15, 0.2) is 12.5 Å². The minimum atomic E-state index is -2.85. The molecule has 1 unspecified atom stereocenters. The zero-order chi connectivity index (χ0) is 21.0. The van der Waals surface area contributed by atoms with Gasteiger partial charge in [0.05, 0.1) is 11.8 Å². The first kappa shape index (κ1) is 21.3. The number of allylic oxidation sites excluding steroid dienone is 4. The lowest BCUT2D eigenvalue weighted by atomic mass is 9.87. The van der Waals surface area contributed by atoms with Crippen LogP contribution in [0.3, 0.4) is 0 Å². The van der Waals surface area contributed by atoms with Crippen molar-refractivity contribution in [3.63, 3.8) is 0 Å². The maximum atomic E-state index is 13.1. The zero-order valence-corrected chi connectivity index (χ0v) is 17.6. The van der Waals surface area contributed by atoms with Gasteiger partial charge in [0.25, 0.3) is 5.92 Å². The third-order valence-electron chi connectivity index (χ3n) is 5.10. The van der Waals surface area contributed by atoms with Crippen molar-refractivity contribution in [2.75, 3.05) is 33.8 Å². The highest BCUT2D eigenvalue weighted by Crippen LogP contribution is 2.27. The summed E-state index contributed by atoms with van der Waals surface area (Å²) in [7, 11) is 3.80. The third-order valence-corrected chi connectivity index (χ3v) is 5.10. The van der Waals surface area contributed by atoms with Crippen molar-refractivity contribution in [3.8, 4) is 0 Å². The van der Waals surface area contributed by atoms with Gasteiger partial charge in [-0.15, -0.1) is 0 Å². The SMILES string of the molecule is CNC1C=CN=C(C2=CCC2)/C1=C/NCC1=CC(C)=C(OCC(C)(F)F)N(C)C1. The highest BCUT2D eigenvalue weighted by molar-refractivity contribution is 6.14. The Morgan fingerprint density at radius 1 is 1.41 bits per heavy atom. The number of aliphatic imine (C=N–C) groups is 1. The van der Waals surface area contributed by atoms with Gasteiger partial charge in [-0.3, -0.25) is 4.99 Å². The van der Waals surface area contributed by atoms with Crippen molar-refractivity contribution in [2.45, 2.75) is 38.7 Å². The molecule has 0 saturated heterocycles. The summed E-state index contributed by atoms with van der Waals surface area (Å²) in [5.74, 6) is -2.34. The van der Waals surface area contributed by atoms with Crippen LogP contribution >= 0.6 is 0 Å². The van der Waals surface area contributed by atoms with E-state index in [9.17, 15) is 8.78 Å². The second-order valence-corrected chi connectivity index (χ2v) is 7.84. The maximum absolute atomic E-state index is 13.1. The molecule has 3 aliphatic rings. The first-order valence-corrected chi connectivity index (χ1v) is 9.95. The molecule has 2 N–H and O–H groups in total. The Balaban J connectivity index is 1.67. The van der Waals surface area contributed by atoms with E-state index >= 15 is 0 Å². The van der Waals surface area contributed by atoms with E-state index in [-0.39, 0.29) is 6.04 Å². The smallest absolute Gasteiger partial charge is 0.278 e. The van der Waals surface area contributed by atoms with Crippen LogP contribution in [0.25, 0.3) is 0 Å². The lowest BCUT2D eigenvalue weighted by Crippen LogP contribution is -2.34. The Morgan fingerprint density at radius 3 is 2.76 bits per heavy atom. The van der Waals surface area contributed by atoms with Gasteiger partial charge in [0.1, 0.15) is 0 Å². The minimum Gasteiger partial charge on any atom is -0.472 e. The molecule has 0 spiro atoms. The molecule has 0 radical (unpaired) electrons. The minimum absolute atomic E-state index is 0.122. The Labute approximate surface area is 171 Å². The number of halogens is 2. The summed E-state index contributed by atoms with van der Waals surface area (Å²) in [5, 5.41) is 6.72. The molecule has 0 aromatic carbocycles. The normalized spacial score (nSPS) is 23.5. The van der Waals surface area contributed by atoms with Gasteiger partial charge in [0, 0.05) is 50.6 Å². The first-order valence-electron chi connectivity index (χ1n) is 9.95. The van der Waals surface area contributed by atoms with Crippen molar-refractivity contribution in [1.82, 2.24) is 15.5 Å². The summed E-state index contributed by atoms with van der Waals surface area (Å²) in [6.45, 7) is 3.41. The quantitative estimate of drug-likeness (QED) is 0.650. The number of nitrogens with zero attached hydrogens (tertiary/aromatic N) is 2. The fraction of sp³-hybridized carbons (Fsp3) is 0.500. The average Bonchev–Trinajstić information content (AvgIpc) is 2.59. The first-order chi connectivity index (χ1) is 13.8.